The average molecular weight is 422 g/mol. The number of halogens is 1. The van der Waals surface area contributed by atoms with Crippen molar-refractivity contribution in [2.75, 3.05) is 4.90 Å². The zero-order chi connectivity index (χ0) is 21.6. The summed E-state index contributed by atoms with van der Waals surface area (Å²) in [6, 6.07) is 11.7. The molecule has 0 saturated carbocycles. The highest BCUT2D eigenvalue weighted by atomic mass is 32.1. The van der Waals surface area contributed by atoms with Crippen molar-refractivity contribution in [3.05, 3.63) is 87.2 Å². The molecule has 0 spiro atoms. The summed E-state index contributed by atoms with van der Waals surface area (Å²) in [5.41, 5.74) is 2.05. The van der Waals surface area contributed by atoms with E-state index >= 15 is 0 Å². The SMILES string of the molecule is Cc1ccc(/C(O)=C2\C(=O)C(=O)N(c3nc(C)c(C)s3)C2c2ccccc2F)cc1. The third kappa shape index (κ3) is 3.21. The van der Waals surface area contributed by atoms with E-state index in [2.05, 4.69) is 4.98 Å². The van der Waals surface area contributed by atoms with Crippen molar-refractivity contribution in [1.29, 1.82) is 0 Å². The first-order chi connectivity index (χ1) is 14.3. The van der Waals surface area contributed by atoms with Crippen LogP contribution in [0, 0.1) is 26.6 Å². The summed E-state index contributed by atoms with van der Waals surface area (Å²) in [5.74, 6) is -2.62. The number of aromatic nitrogens is 1. The fourth-order valence-corrected chi connectivity index (χ4v) is 4.38. The predicted molar refractivity (Wildman–Crippen MR) is 114 cm³/mol. The van der Waals surface area contributed by atoms with Gasteiger partial charge in [0, 0.05) is 16.0 Å². The normalized spacial score (nSPS) is 18.3. The van der Waals surface area contributed by atoms with Crippen LogP contribution in [0.25, 0.3) is 5.76 Å². The van der Waals surface area contributed by atoms with Gasteiger partial charge < -0.3 is 5.11 Å². The van der Waals surface area contributed by atoms with Crippen LogP contribution in [0.4, 0.5) is 9.52 Å². The second kappa shape index (κ2) is 7.50. The Labute approximate surface area is 177 Å². The topological polar surface area (TPSA) is 70.5 Å². The van der Waals surface area contributed by atoms with E-state index in [0.29, 0.717) is 10.7 Å². The lowest BCUT2D eigenvalue weighted by Gasteiger charge is -2.23. The van der Waals surface area contributed by atoms with Crippen LogP contribution in [-0.4, -0.2) is 21.8 Å². The minimum atomic E-state index is -1.11. The lowest BCUT2D eigenvalue weighted by atomic mass is 9.95. The Hall–Kier alpha value is -3.32. The van der Waals surface area contributed by atoms with Gasteiger partial charge in [0.05, 0.1) is 11.3 Å². The predicted octanol–water partition coefficient (Wildman–Crippen LogP) is 4.83. The van der Waals surface area contributed by atoms with Gasteiger partial charge in [-0.25, -0.2) is 9.37 Å². The summed E-state index contributed by atoms with van der Waals surface area (Å²) in [4.78, 5) is 32.5. The Bertz CT molecular complexity index is 1180. The number of aliphatic hydroxyl groups excluding tert-OH is 1. The maximum Gasteiger partial charge on any atom is 0.301 e. The first kappa shape index (κ1) is 20.0. The van der Waals surface area contributed by atoms with Crippen LogP contribution in [-0.2, 0) is 9.59 Å². The van der Waals surface area contributed by atoms with Gasteiger partial charge in [0.15, 0.2) is 5.13 Å². The Morgan fingerprint density at radius 3 is 2.33 bits per heavy atom. The number of aryl methyl sites for hydroxylation is 3. The number of rotatable bonds is 3. The molecule has 1 saturated heterocycles. The fraction of sp³-hybridized carbons (Fsp3) is 0.174. The van der Waals surface area contributed by atoms with E-state index in [-0.39, 0.29) is 16.9 Å². The number of carbonyl (C=O) groups is 2. The number of nitrogens with zero attached hydrogens (tertiary/aromatic N) is 2. The van der Waals surface area contributed by atoms with Crippen molar-refractivity contribution in [2.45, 2.75) is 26.8 Å². The molecule has 3 aromatic rings. The van der Waals surface area contributed by atoms with Crippen LogP contribution in [0.5, 0.6) is 0 Å². The van der Waals surface area contributed by atoms with Crippen molar-refractivity contribution in [3.63, 3.8) is 0 Å². The number of anilines is 1. The summed E-state index contributed by atoms with van der Waals surface area (Å²) in [7, 11) is 0. The van der Waals surface area contributed by atoms with E-state index in [1.807, 2.05) is 13.8 Å². The van der Waals surface area contributed by atoms with Gasteiger partial charge in [-0.3, -0.25) is 14.5 Å². The molecular weight excluding hydrogens is 403 g/mol. The molecule has 1 atom stereocenters. The molecule has 1 aliphatic heterocycles. The summed E-state index contributed by atoms with van der Waals surface area (Å²) in [6.07, 6.45) is 0. The van der Waals surface area contributed by atoms with Gasteiger partial charge in [0.1, 0.15) is 17.6 Å². The van der Waals surface area contributed by atoms with Crippen LogP contribution in [0.3, 0.4) is 0 Å². The van der Waals surface area contributed by atoms with E-state index in [9.17, 15) is 19.1 Å². The monoisotopic (exact) mass is 422 g/mol. The molecule has 1 fully saturated rings. The molecule has 1 amide bonds. The first-order valence-corrected chi connectivity index (χ1v) is 10.2. The lowest BCUT2D eigenvalue weighted by Crippen LogP contribution is -2.29. The fourth-order valence-electron chi connectivity index (χ4n) is 3.45. The molecule has 1 aromatic heterocycles. The number of ketones is 1. The van der Waals surface area contributed by atoms with Crippen LogP contribution >= 0.6 is 11.3 Å². The molecule has 1 N–H and O–H groups in total. The maximum absolute atomic E-state index is 14.8. The van der Waals surface area contributed by atoms with Crippen molar-refractivity contribution < 1.29 is 19.1 Å². The van der Waals surface area contributed by atoms with Crippen molar-refractivity contribution in [1.82, 2.24) is 4.98 Å². The van der Waals surface area contributed by atoms with E-state index in [1.165, 1.54) is 34.4 Å². The van der Waals surface area contributed by atoms with Gasteiger partial charge in [0.25, 0.3) is 5.78 Å². The van der Waals surface area contributed by atoms with Gasteiger partial charge in [-0.1, -0.05) is 48.0 Å². The Kier molecular flexibility index (Phi) is 4.99. The molecule has 0 aliphatic carbocycles. The standard InChI is InChI=1S/C23H19FN2O3S/c1-12-8-10-15(11-9-12)20(27)18-19(16-6-4-5-7-17(16)24)26(22(29)21(18)28)23-25-13(2)14(3)30-23/h4-11,19,27H,1-3H3/b20-18+. The van der Waals surface area contributed by atoms with Gasteiger partial charge in [0.2, 0.25) is 0 Å². The highest BCUT2D eigenvalue weighted by molar-refractivity contribution is 7.16. The first-order valence-electron chi connectivity index (χ1n) is 9.36. The second-order valence-corrected chi connectivity index (χ2v) is 8.38. The number of amides is 1. The minimum absolute atomic E-state index is 0.121. The van der Waals surface area contributed by atoms with E-state index in [0.717, 1.165) is 16.1 Å². The van der Waals surface area contributed by atoms with Crippen LogP contribution in [0.15, 0.2) is 54.1 Å². The largest absolute Gasteiger partial charge is 0.507 e. The van der Waals surface area contributed by atoms with Gasteiger partial charge in [-0.2, -0.15) is 0 Å². The third-order valence-corrected chi connectivity index (χ3v) is 6.26. The number of carbonyl (C=O) groups excluding carboxylic acids is 2. The lowest BCUT2D eigenvalue weighted by molar-refractivity contribution is -0.132. The summed E-state index contributed by atoms with van der Waals surface area (Å²) < 4.78 is 14.8. The highest BCUT2D eigenvalue weighted by Gasteiger charge is 2.49. The Morgan fingerprint density at radius 2 is 1.73 bits per heavy atom. The zero-order valence-corrected chi connectivity index (χ0v) is 17.5. The van der Waals surface area contributed by atoms with Crippen LogP contribution in [0.2, 0.25) is 0 Å². The van der Waals surface area contributed by atoms with Crippen molar-refractivity contribution >= 4 is 33.9 Å². The highest BCUT2D eigenvalue weighted by Crippen LogP contribution is 2.44. The number of thiazole rings is 1. The Morgan fingerprint density at radius 1 is 1.07 bits per heavy atom. The van der Waals surface area contributed by atoms with Crippen molar-refractivity contribution in [2.24, 2.45) is 0 Å². The maximum atomic E-state index is 14.8. The van der Waals surface area contributed by atoms with Gasteiger partial charge >= 0.3 is 5.91 Å². The Balaban J connectivity index is 1.97. The minimum Gasteiger partial charge on any atom is -0.507 e. The molecule has 4 rings (SSSR count). The molecule has 2 heterocycles. The molecule has 5 nitrogen and oxygen atoms in total. The van der Waals surface area contributed by atoms with Gasteiger partial charge in [-0.05, 0) is 26.8 Å². The third-order valence-electron chi connectivity index (χ3n) is 5.19. The number of aliphatic hydroxyl groups is 1. The summed E-state index contributed by atoms with van der Waals surface area (Å²) in [6.45, 7) is 5.56. The molecule has 1 aliphatic rings. The number of Topliss-reactive ketones (excluding diaryl/α,β-unsaturated/α-hetero) is 1. The second-order valence-electron chi connectivity index (χ2n) is 7.19. The van der Waals surface area contributed by atoms with E-state index < -0.39 is 23.5 Å². The van der Waals surface area contributed by atoms with Gasteiger partial charge in [-0.15, -0.1) is 11.3 Å². The molecule has 2 aromatic carbocycles. The molecular formula is C23H19FN2O3S. The number of hydrogen-bond acceptors (Lipinski definition) is 5. The summed E-state index contributed by atoms with van der Waals surface area (Å²) in [5, 5.41) is 11.3. The van der Waals surface area contributed by atoms with Crippen LogP contribution in [0.1, 0.15) is 33.3 Å². The molecule has 1 unspecified atom stereocenters. The molecule has 152 valence electrons. The zero-order valence-electron chi connectivity index (χ0n) is 16.6. The summed E-state index contributed by atoms with van der Waals surface area (Å²) >= 11 is 1.25. The van der Waals surface area contributed by atoms with E-state index in [4.69, 9.17) is 0 Å². The smallest absolute Gasteiger partial charge is 0.301 e. The quantitative estimate of drug-likeness (QED) is 0.373. The molecule has 0 radical (unpaired) electrons. The molecule has 30 heavy (non-hydrogen) atoms. The van der Waals surface area contributed by atoms with Crippen LogP contribution < -0.4 is 4.90 Å². The number of benzene rings is 2. The number of hydrogen-bond donors (Lipinski definition) is 1. The van der Waals surface area contributed by atoms with E-state index in [1.54, 1.807) is 37.3 Å². The molecule has 7 heteroatoms. The molecule has 0 bridgehead atoms. The van der Waals surface area contributed by atoms with Crippen molar-refractivity contribution in [3.8, 4) is 0 Å². The average Bonchev–Trinajstić information content (AvgIpc) is 3.18.